The fourth-order valence-electron chi connectivity index (χ4n) is 1.10. The lowest BCUT2D eigenvalue weighted by Crippen LogP contribution is -2.39. The predicted octanol–water partition coefficient (Wildman–Crippen LogP) is 1.64. The highest BCUT2D eigenvalue weighted by Gasteiger charge is 2.05. The molecule has 1 aromatic carbocycles. The van der Waals surface area contributed by atoms with E-state index in [1.165, 1.54) is 0 Å². The standard InChI is InChI=1S/C11H13ClN2O2/c12-7-6-10(15)14-11(16)13-8-9-4-2-1-3-5-9/h1-5H,6-8H2,(H2,13,14,15,16). The highest BCUT2D eigenvalue weighted by molar-refractivity contribution is 6.19. The smallest absolute Gasteiger partial charge is 0.321 e. The van der Waals surface area contributed by atoms with Gasteiger partial charge in [0, 0.05) is 18.8 Å². The van der Waals surface area contributed by atoms with Crippen LogP contribution < -0.4 is 10.6 Å². The number of imide groups is 1. The molecule has 2 N–H and O–H groups in total. The normalized spacial score (nSPS) is 9.56. The predicted molar refractivity (Wildman–Crippen MR) is 62.2 cm³/mol. The Morgan fingerprint density at radius 1 is 1.19 bits per heavy atom. The number of rotatable bonds is 4. The lowest BCUT2D eigenvalue weighted by Gasteiger charge is -2.05. The van der Waals surface area contributed by atoms with Gasteiger partial charge in [0.05, 0.1) is 0 Å². The number of hydrogen-bond acceptors (Lipinski definition) is 2. The molecule has 0 radical (unpaired) electrons. The van der Waals surface area contributed by atoms with Crippen LogP contribution in [-0.4, -0.2) is 17.8 Å². The van der Waals surface area contributed by atoms with Gasteiger partial charge in [-0.25, -0.2) is 4.79 Å². The van der Waals surface area contributed by atoms with E-state index in [1.54, 1.807) is 0 Å². The fraction of sp³-hybridized carbons (Fsp3) is 0.273. The molecule has 0 heterocycles. The first-order valence-corrected chi connectivity index (χ1v) is 5.43. The van der Waals surface area contributed by atoms with Crippen molar-refractivity contribution < 1.29 is 9.59 Å². The second kappa shape index (κ2) is 6.85. The summed E-state index contributed by atoms with van der Waals surface area (Å²) in [5.41, 5.74) is 0.974. The van der Waals surface area contributed by atoms with Crippen molar-refractivity contribution in [3.63, 3.8) is 0 Å². The van der Waals surface area contributed by atoms with E-state index in [9.17, 15) is 9.59 Å². The number of carbonyl (C=O) groups excluding carboxylic acids is 2. The Morgan fingerprint density at radius 2 is 1.88 bits per heavy atom. The lowest BCUT2D eigenvalue weighted by molar-refractivity contribution is -0.119. The average Bonchev–Trinajstić information content (AvgIpc) is 2.28. The molecule has 0 aromatic heterocycles. The van der Waals surface area contributed by atoms with Crippen LogP contribution in [0.3, 0.4) is 0 Å². The minimum atomic E-state index is -0.501. The van der Waals surface area contributed by atoms with Gasteiger partial charge in [-0.15, -0.1) is 11.6 Å². The summed E-state index contributed by atoms with van der Waals surface area (Å²) in [5.74, 6) is -0.168. The van der Waals surface area contributed by atoms with Crippen LogP contribution in [0.2, 0.25) is 0 Å². The molecule has 5 heteroatoms. The zero-order valence-electron chi connectivity index (χ0n) is 8.70. The van der Waals surface area contributed by atoms with Crippen molar-refractivity contribution in [2.45, 2.75) is 13.0 Å². The van der Waals surface area contributed by atoms with Crippen molar-refractivity contribution in [3.8, 4) is 0 Å². The van der Waals surface area contributed by atoms with E-state index in [1.807, 2.05) is 30.3 Å². The molecule has 0 saturated heterocycles. The highest BCUT2D eigenvalue weighted by atomic mass is 35.5. The monoisotopic (exact) mass is 240 g/mol. The van der Waals surface area contributed by atoms with E-state index in [2.05, 4.69) is 10.6 Å². The van der Waals surface area contributed by atoms with Crippen LogP contribution in [-0.2, 0) is 11.3 Å². The van der Waals surface area contributed by atoms with E-state index < -0.39 is 6.03 Å². The van der Waals surface area contributed by atoms with Crippen LogP contribution in [0.4, 0.5) is 4.79 Å². The molecule has 0 saturated carbocycles. The zero-order chi connectivity index (χ0) is 11.8. The SMILES string of the molecule is O=C(CCCl)NC(=O)NCc1ccccc1. The zero-order valence-corrected chi connectivity index (χ0v) is 9.46. The summed E-state index contributed by atoms with van der Waals surface area (Å²) in [5, 5.41) is 4.75. The summed E-state index contributed by atoms with van der Waals surface area (Å²) in [7, 11) is 0. The summed E-state index contributed by atoms with van der Waals surface area (Å²) in [6.07, 6.45) is 0.139. The Balaban J connectivity index is 2.28. The van der Waals surface area contributed by atoms with Crippen molar-refractivity contribution >= 4 is 23.5 Å². The van der Waals surface area contributed by atoms with Gasteiger partial charge in [0.15, 0.2) is 0 Å². The number of nitrogens with one attached hydrogen (secondary N) is 2. The van der Waals surface area contributed by atoms with Crippen molar-refractivity contribution in [3.05, 3.63) is 35.9 Å². The number of carbonyl (C=O) groups is 2. The minimum Gasteiger partial charge on any atom is -0.334 e. The molecular formula is C11H13ClN2O2. The van der Waals surface area contributed by atoms with Crippen LogP contribution >= 0.6 is 11.6 Å². The van der Waals surface area contributed by atoms with Gasteiger partial charge < -0.3 is 5.32 Å². The maximum absolute atomic E-state index is 11.2. The van der Waals surface area contributed by atoms with E-state index in [0.717, 1.165) is 5.56 Å². The number of alkyl halides is 1. The molecule has 0 aliphatic heterocycles. The van der Waals surface area contributed by atoms with Crippen molar-refractivity contribution in [2.24, 2.45) is 0 Å². The van der Waals surface area contributed by atoms with Gasteiger partial charge in [-0.2, -0.15) is 0 Å². The van der Waals surface area contributed by atoms with Crippen LogP contribution in [0.5, 0.6) is 0 Å². The number of urea groups is 1. The molecule has 4 nitrogen and oxygen atoms in total. The lowest BCUT2D eigenvalue weighted by atomic mass is 10.2. The van der Waals surface area contributed by atoms with E-state index in [0.29, 0.717) is 6.54 Å². The van der Waals surface area contributed by atoms with Gasteiger partial charge in [-0.05, 0) is 5.56 Å². The molecule has 1 aromatic rings. The molecule has 3 amide bonds. The number of halogens is 1. The van der Waals surface area contributed by atoms with E-state index in [-0.39, 0.29) is 18.2 Å². The van der Waals surface area contributed by atoms with Crippen molar-refractivity contribution in [1.82, 2.24) is 10.6 Å². The number of hydrogen-bond donors (Lipinski definition) is 2. The first-order chi connectivity index (χ1) is 7.72. The van der Waals surface area contributed by atoms with Crippen molar-refractivity contribution in [2.75, 3.05) is 5.88 Å². The summed E-state index contributed by atoms with van der Waals surface area (Å²) >= 11 is 5.36. The van der Waals surface area contributed by atoms with E-state index >= 15 is 0 Å². The Kier molecular flexibility index (Phi) is 5.36. The number of benzene rings is 1. The largest absolute Gasteiger partial charge is 0.334 e. The van der Waals surface area contributed by atoms with Gasteiger partial charge in [0.25, 0.3) is 0 Å². The molecule has 0 bridgehead atoms. The third-order valence-electron chi connectivity index (χ3n) is 1.87. The quantitative estimate of drug-likeness (QED) is 0.786. The Labute approximate surface area is 99.0 Å². The molecule has 16 heavy (non-hydrogen) atoms. The average molecular weight is 241 g/mol. The molecule has 0 atom stereocenters. The van der Waals surface area contributed by atoms with Gasteiger partial charge in [-0.1, -0.05) is 30.3 Å². The molecule has 0 fully saturated rings. The van der Waals surface area contributed by atoms with Crippen LogP contribution in [0.25, 0.3) is 0 Å². The Morgan fingerprint density at radius 3 is 2.50 bits per heavy atom. The van der Waals surface area contributed by atoms with Gasteiger partial charge >= 0.3 is 6.03 Å². The first kappa shape index (κ1) is 12.5. The first-order valence-electron chi connectivity index (χ1n) is 4.90. The summed E-state index contributed by atoms with van der Waals surface area (Å²) in [6, 6.07) is 8.94. The van der Waals surface area contributed by atoms with Gasteiger partial charge in [-0.3, -0.25) is 10.1 Å². The van der Waals surface area contributed by atoms with Gasteiger partial charge in [0.1, 0.15) is 0 Å². The maximum atomic E-state index is 11.2. The minimum absolute atomic E-state index is 0.139. The molecule has 86 valence electrons. The molecule has 1 rings (SSSR count). The van der Waals surface area contributed by atoms with Crippen LogP contribution in [0, 0.1) is 0 Å². The Bertz CT molecular complexity index is 354. The van der Waals surface area contributed by atoms with Crippen LogP contribution in [0.1, 0.15) is 12.0 Å². The number of amides is 3. The third kappa shape index (κ3) is 4.79. The third-order valence-corrected chi connectivity index (χ3v) is 2.06. The van der Waals surface area contributed by atoms with Gasteiger partial charge in [0.2, 0.25) is 5.91 Å². The maximum Gasteiger partial charge on any atom is 0.321 e. The summed E-state index contributed by atoms with van der Waals surface area (Å²) in [4.78, 5) is 22.2. The molecule has 0 spiro atoms. The Hall–Kier alpha value is -1.55. The second-order valence-electron chi connectivity index (χ2n) is 3.16. The fourth-order valence-corrected chi connectivity index (χ4v) is 1.27. The highest BCUT2D eigenvalue weighted by Crippen LogP contribution is 1.96. The topological polar surface area (TPSA) is 58.2 Å². The van der Waals surface area contributed by atoms with E-state index in [4.69, 9.17) is 11.6 Å². The van der Waals surface area contributed by atoms with Crippen molar-refractivity contribution in [1.29, 1.82) is 0 Å². The summed E-state index contributed by atoms with van der Waals surface area (Å²) in [6.45, 7) is 0.390. The summed E-state index contributed by atoms with van der Waals surface area (Å²) < 4.78 is 0. The van der Waals surface area contributed by atoms with Crippen LogP contribution in [0.15, 0.2) is 30.3 Å². The molecular weight excluding hydrogens is 228 g/mol. The molecule has 0 aliphatic carbocycles. The molecule has 0 aliphatic rings. The molecule has 0 unspecified atom stereocenters. The second-order valence-corrected chi connectivity index (χ2v) is 3.53.